The third-order valence-corrected chi connectivity index (χ3v) is 5.06. The van der Waals surface area contributed by atoms with E-state index in [-0.39, 0.29) is 18.0 Å². The Labute approximate surface area is 157 Å². The average molecular weight is 366 g/mol. The largest absolute Gasteiger partial charge is 0.486 e. The maximum absolute atomic E-state index is 12.7. The molecule has 2 aromatic rings. The van der Waals surface area contributed by atoms with Crippen molar-refractivity contribution >= 4 is 17.6 Å². The topological polar surface area (TPSA) is 76.7 Å². The van der Waals surface area contributed by atoms with E-state index < -0.39 is 6.09 Å². The van der Waals surface area contributed by atoms with E-state index in [0.29, 0.717) is 23.4 Å². The molecule has 2 aromatic carbocycles. The Bertz CT molecular complexity index is 845. The highest BCUT2D eigenvalue weighted by Gasteiger charge is 2.41. The SMILES string of the molecule is O=C(Nc1ccc2c(c1)C(=O)CC1(CCNCC1)O2)OCc1ccccc1. The first kappa shape index (κ1) is 17.5. The summed E-state index contributed by atoms with van der Waals surface area (Å²) in [5.41, 5.74) is 1.55. The highest BCUT2D eigenvalue weighted by Crippen LogP contribution is 2.39. The molecular formula is C21H22N2O4. The zero-order valence-corrected chi connectivity index (χ0v) is 15.0. The van der Waals surface area contributed by atoms with E-state index >= 15 is 0 Å². The number of benzene rings is 2. The van der Waals surface area contributed by atoms with Crippen LogP contribution in [0.2, 0.25) is 0 Å². The van der Waals surface area contributed by atoms with Crippen molar-refractivity contribution in [2.24, 2.45) is 0 Å². The smallest absolute Gasteiger partial charge is 0.411 e. The van der Waals surface area contributed by atoms with Crippen molar-refractivity contribution in [3.05, 3.63) is 59.7 Å². The van der Waals surface area contributed by atoms with Crippen molar-refractivity contribution in [1.82, 2.24) is 5.32 Å². The fourth-order valence-corrected chi connectivity index (χ4v) is 3.61. The van der Waals surface area contributed by atoms with Crippen LogP contribution in [0.5, 0.6) is 5.75 Å². The summed E-state index contributed by atoms with van der Waals surface area (Å²) in [5, 5.41) is 5.97. The molecule has 0 aromatic heterocycles. The molecule has 140 valence electrons. The molecule has 0 atom stereocenters. The third-order valence-electron chi connectivity index (χ3n) is 5.06. The number of ether oxygens (including phenoxy) is 2. The number of nitrogens with one attached hydrogen (secondary N) is 2. The number of fused-ring (bicyclic) bond motifs is 1. The van der Waals surface area contributed by atoms with Crippen LogP contribution in [0.3, 0.4) is 0 Å². The van der Waals surface area contributed by atoms with Gasteiger partial charge in [-0.15, -0.1) is 0 Å². The van der Waals surface area contributed by atoms with E-state index in [1.54, 1.807) is 18.2 Å². The number of Topliss-reactive ketones (excluding diaryl/α,β-unsaturated/α-hetero) is 1. The Balaban J connectivity index is 1.41. The van der Waals surface area contributed by atoms with Crippen LogP contribution in [0.4, 0.5) is 10.5 Å². The molecule has 0 saturated carbocycles. The van der Waals surface area contributed by atoms with Gasteiger partial charge in [-0.1, -0.05) is 30.3 Å². The maximum atomic E-state index is 12.7. The van der Waals surface area contributed by atoms with E-state index in [2.05, 4.69) is 10.6 Å². The van der Waals surface area contributed by atoms with Crippen LogP contribution in [0.1, 0.15) is 35.2 Å². The standard InChI is InChI=1S/C21H22N2O4/c24-18-13-21(8-10-22-11-9-21)27-19-7-6-16(12-17(18)19)23-20(25)26-14-15-4-2-1-3-5-15/h1-7,12,22H,8-11,13-14H2,(H,23,25). The number of piperidine rings is 1. The molecule has 6 nitrogen and oxygen atoms in total. The van der Waals surface area contributed by atoms with Gasteiger partial charge in [0.05, 0.1) is 12.0 Å². The summed E-state index contributed by atoms with van der Waals surface area (Å²) >= 11 is 0. The second-order valence-corrected chi connectivity index (χ2v) is 7.03. The van der Waals surface area contributed by atoms with Gasteiger partial charge >= 0.3 is 6.09 Å². The van der Waals surface area contributed by atoms with E-state index in [9.17, 15) is 9.59 Å². The zero-order chi connectivity index (χ0) is 18.7. The molecule has 0 unspecified atom stereocenters. The number of anilines is 1. The highest BCUT2D eigenvalue weighted by molar-refractivity contribution is 6.02. The van der Waals surface area contributed by atoms with E-state index in [0.717, 1.165) is 31.5 Å². The van der Waals surface area contributed by atoms with E-state index in [1.807, 2.05) is 30.3 Å². The molecular weight excluding hydrogens is 344 g/mol. The number of ketones is 1. The highest BCUT2D eigenvalue weighted by atomic mass is 16.5. The second-order valence-electron chi connectivity index (χ2n) is 7.03. The molecule has 2 aliphatic rings. The lowest BCUT2D eigenvalue weighted by Gasteiger charge is -2.40. The average Bonchev–Trinajstić information content (AvgIpc) is 2.68. The van der Waals surface area contributed by atoms with Crippen molar-refractivity contribution in [3.63, 3.8) is 0 Å². The van der Waals surface area contributed by atoms with Crippen molar-refractivity contribution < 1.29 is 19.1 Å². The predicted octanol–water partition coefficient (Wildman–Crippen LogP) is 3.52. The Morgan fingerprint density at radius 1 is 1.15 bits per heavy atom. The first-order valence-electron chi connectivity index (χ1n) is 9.18. The molecule has 27 heavy (non-hydrogen) atoms. The van der Waals surface area contributed by atoms with Crippen LogP contribution in [-0.4, -0.2) is 30.6 Å². The van der Waals surface area contributed by atoms with Gasteiger partial charge in [0.2, 0.25) is 0 Å². The van der Waals surface area contributed by atoms with Gasteiger partial charge in [0.15, 0.2) is 5.78 Å². The third kappa shape index (κ3) is 3.95. The monoisotopic (exact) mass is 366 g/mol. The van der Waals surface area contributed by atoms with E-state index in [4.69, 9.17) is 9.47 Å². The van der Waals surface area contributed by atoms with Crippen molar-refractivity contribution in [1.29, 1.82) is 0 Å². The van der Waals surface area contributed by atoms with Crippen LogP contribution >= 0.6 is 0 Å². The molecule has 1 fully saturated rings. The number of rotatable bonds is 3. The molecule has 0 radical (unpaired) electrons. The molecule has 2 aliphatic heterocycles. The fourth-order valence-electron chi connectivity index (χ4n) is 3.61. The molecule has 6 heteroatoms. The summed E-state index contributed by atoms with van der Waals surface area (Å²) in [7, 11) is 0. The van der Waals surface area contributed by atoms with Gasteiger partial charge < -0.3 is 14.8 Å². The molecule has 1 spiro atoms. The maximum Gasteiger partial charge on any atom is 0.411 e. The fraction of sp³-hybridized carbons (Fsp3) is 0.333. The van der Waals surface area contributed by atoms with Crippen molar-refractivity contribution in [2.75, 3.05) is 18.4 Å². The first-order valence-corrected chi connectivity index (χ1v) is 9.18. The van der Waals surface area contributed by atoms with E-state index in [1.165, 1.54) is 0 Å². The Morgan fingerprint density at radius 2 is 1.93 bits per heavy atom. The lowest BCUT2D eigenvalue weighted by Crippen LogP contribution is -2.49. The molecule has 2 N–H and O–H groups in total. The summed E-state index contributed by atoms with van der Waals surface area (Å²) in [6.07, 6.45) is 1.47. The van der Waals surface area contributed by atoms with Gasteiger partial charge in [0.1, 0.15) is 18.0 Å². The number of carbonyl (C=O) groups excluding carboxylic acids is 2. The van der Waals surface area contributed by atoms with Gasteiger partial charge in [-0.25, -0.2) is 4.79 Å². The van der Waals surface area contributed by atoms with Crippen LogP contribution < -0.4 is 15.4 Å². The quantitative estimate of drug-likeness (QED) is 0.869. The summed E-state index contributed by atoms with van der Waals surface area (Å²) < 4.78 is 11.4. The molecule has 0 bridgehead atoms. The minimum atomic E-state index is -0.558. The predicted molar refractivity (Wildman–Crippen MR) is 101 cm³/mol. The molecule has 0 aliphatic carbocycles. The van der Waals surface area contributed by atoms with Gasteiger partial charge in [0.25, 0.3) is 0 Å². The van der Waals surface area contributed by atoms with Crippen LogP contribution in [0, 0.1) is 0 Å². The van der Waals surface area contributed by atoms with Crippen LogP contribution in [0.15, 0.2) is 48.5 Å². The summed E-state index contributed by atoms with van der Waals surface area (Å²) in [4.78, 5) is 24.7. The Morgan fingerprint density at radius 3 is 2.70 bits per heavy atom. The Kier molecular flexibility index (Phi) is 4.81. The van der Waals surface area contributed by atoms with Crippen molar-refractivity contribution in [3.8, 4) is 5.75 Å². The number of carbonyl (C=O) groups is 2. The second kappa shape index (κ2) is 7.40. The van der Waals surface area contributed by atoms with Crippen LogP contribution in [-0.2, 0) is 11.3 Å². The van der Waals surface area contributed by atoms with Gasteiger partial charge in [0, 0.05) is 18.5 Å². The van der Waals surface area contributed by atoms with Gasteiger partial charge in [-0.2, -0.15) is 0 Å². The van der Waals surface area contributed by atoms with Crippen LogP contribution in [0.25, 0.3) is 0 Å². The zero-order valence-electron chi connectivity index (χ0n) is 15.0. The van der Waals surface area contributed by atoms with Gasteiger partial charge in [-0.3, -0.25) is 10.1 Å². The Hall–Kier alpha value is -2.86. The minimum Gasteiger partial charge on any atom is -0.486 e. The summed E-state index contributed by atoms with van der Waals surface area (Å²) in [5.74, 6) is 0.649. The lowest BCUT2D eigenvalue weighted by molar-refractivity contribution is 0.0187. The molecule has 2 heterocycles. The minimum absolute atomic E-state index is 0.0550. The molecule has 1 saturated heterocycles. The molecule has 1 amide bonds. The van der Waals surface area contributed by atoms with Crippen molar-refractivity contribution in [2.45, 2.75) is 31.5 Å². The first-order chi connectivity index (χ1) is 13.1. The molecule has 4 rings (SSSR count). The lowest BCUT2D eigenvalue weighted by atomic mass is 9.83. The summed E-state index contributed by atoms with van der Waals surface area (Å²) in [6.45, 7) is 1.90. The number of amides is 1. The number of hydrogen-bond acceptors (Lipinski definition) is 5. The van der Waals surface area contributed by atoms with Gasteiger partial charge in [-0.05, 0) is 36.9 Å². The summed E-state index contributed by atoms with van der Waals surface area (Å²) in [6, 6.07) is 14.6. The normalized spacial score (nSPS) is 17.7. The number of hydrogen-bond donors (Lipinski definition) is 2.